The van der Waals surface area contributed by atoms with Gasteiger partial charge in [-0.05, 0) is 42.3 Å². The van der Waals surface area contributed by atoms with Crippen LogP contribution in [0.15, 0.2) is 46.9 Å². The first-order valence-electron chi connectivity index (χ1n) is 6.46. The largest absolute Gasteiger partial charge is 0.497 e. The third-order valence-electron chi connectivity index (χ3n) is 3.03. The summed E-state index contributed by atoms with van der Waals surface area (Å²) in [4.78, 5) is 12.1. The van der Waals surface area contributed by atoms with Gasteiger partial charge in [0.05, 0.1) is 17.7 Å². The van der Waals surface area contributed by atoms with Gasteiger partial charge in [-0.1, -0.05) is 39.7 Å². The monoisotopic (exact) mass is 367 g/mol. The Bertz CT molecular complexity index is 629. The minimum atomic E-state index is -0.171. The Morgan fingerprint density at radius 3 is 2.62 bits per heavy atom. The Labute approximate surface area is 137 Å². The molecule has 0 aliphatic heterocycles. The summed E-state index contributed by atoms with van der Waals surface area (Å²) in [6.07, 6.45) is 0.751. The second-order valence-corrected chi connectivity index (χ2v) is 5.80. The number of methoxy groups -OCH3 is 1. The number of amides is 1. The molecule has 0 saturated heterocycles. The van der Waals surface area contributed by atoms with Gasteiger partial charge in [0.2, 0.25) is 0 Å². The molecule has 1 N–H and O–H groups in total. The zero-order valence-corrected chi connectivity index (χ0v) is 13.9. The van der Waals surface area contributed by atoms with E-state index in [9.17, 15) is 4.79 Å². The Hall–Kier alpha value is -1.52. The van der Waals surface area contributed by atoms with Crippen molar-refractivity contribution in [1.82, 2.24) is 5.32 Å². The predicted octanol–water partition coefficient (Wildman–Crippen LogP) is 4.08. The molecule has 5 heteroatoms. The molecule has 110 valence electrons. The van der Waals surface area contributed by atoms with Crippen LogP contribution >= 0.6 is 27.5 Å². The van der Waals surface area contributed by atoms with E-state index < -0.39 is 0 Å². The van der Waals surface area contributed by atoms with Crippen LogP contribution in [-0.2, 0) is 6.42 Å². The summed E-state index contributed by atoms with van der Waals surface area (Å²) in [5.41, 5.74) is 1.61. The molecule has 0 aliphatic carbocycles. The van der Waals surface area contributed by atoms with Gasteiger partial charge in [-0.3, -0.25) is 4.79 Å². The number of halogens is 2. The van der Waals surface area contributed by atoms with Crippen LogP contribution in [0.25, 0.3) is 0 Å². The lowest BCUT2D eigenvalue weighted by Gasteiger charge is -2.08. The van der Waals surface area contributed by atoms with Gasteiger partial charge in [-0.25, -0.2) is 0 Å². The molecule has 21 heavy (non-hydrogen) atoms. The Morgan fingerprint density at radius 1 is 1.24 bits per heavy atom. The van der Waals surface area contributed by atoms with Crippen molar-refractivity contribution in [3.63, 3.8) is 0 Å². The van der Waals surface area contributed by atoms with Crippen LogP contribution in [0.4, 0.5) is 0 Å². The number of benzene rings is 2. The second kappa shape index (κ2) is 7.48. The summed E-state index contributed by atoms with van der Waals surface area (Å²) < 4.78 is 5.93. The van der Waals surface area contributed by atoms with E-state index in [0.717, 1.165) is 22.2 Å². The zero-order valence-electron chi connectivity index (χ0n) is 11.5. The van der Waals surface area contributed by atoms with E-state index in [-0.39, 0.29) is 5.91 Å². The molecule has 0 heterocycles. The highest BCUT2D eigenvalue weighted by Gasteiger charge is 2.10. The fraction of sp³-hybridized carbons (Fsp3) is 0.188. The van der Waals surface area contributed by atoms with Gasteiger partial charge in [-0.15, -0.1) is 0 Å². The minimum absolute atomic E-state index is 0.171. The van der Waals surface area contributed by atoms with E-state index in [1.165, 1.54) is 0 Å². The number of hydrogen-bond acceptors (Lipinski definition) is 2. The second-order valence-electron chi connectivity index (χ2n) is 4.48. The van der Waals surface area contributed by atoms with E-state index in [2.05, 4.69) is 21.2 Å². The van der Waals surface area contributed by atoms with E-state index in [1.807, 2.05) is 24.3 Å². The summed E-state index contributed by atoms with van der Waals surface area (Å²) >= 11 is 9.36. The molecule has 0 unspecified atom stereocenters. The third-order valence-corrected chi connectivity index (χ3v) is 3.85. The number of hydrogen-bond donors (Lipinski definition) is 1. The molecular weight excluding hydrogens is 354 g/mol. The van der Waals surface area contributed by atoms with Gasteiger partial charge in [0.15, 0.2) is 0 Å². The zero-order chi connectivity index (χ0) is 15.2. The van der Waals surface area contributed by atoms with Gasteiger partial charge < -0.3 is 10.1 Å². The topological polar surface area (TPSA) is 38.3 Å². The number of carbonyl (C=O) groups excluding carboxylic acids is 1. The molecular formula is C16H15BrClNO2. The molecule has 0 fully saturated rings. The molecule has 0 aromatic heterocycles. The fourth-order valence-electron chi connectivity index (χ4n) is 1.88. The van der Waals surface area contributed by atoms with Gasteiger partial charge in [0, 0.05) is 11.0 Å². The smallest absolute Gasteiger partial charge is 0.252 e. The Kier molecular flexibility index (Phi) is 5.65. The van der Waals surface area contributed by atoms with Crippen molar-refractivity contribution in [2.45, 2.75) is 6.42 Å². The lowest BCUT2D eigenvalue weighted by atomic mass is 10.1. The van der Waals surface area contributed by atoms with Gasteiger partial charge in [0.25, 0.3) is 5.91 Å². The first-order valence-corrected chi connectivity index (χ1v) is 7.63. The van der Waals surface area contributed by atoms with Crippen LogP contribution in [0.2, 0.25) is 5.02 Å². The van der Waals surface area contributed by atoms with Crippen molar-refractivity contribution in [3.05, 3.63) is 63.1 Å². The normalized spacial score (nSPS) is 10.2. The summed E-state index contributed by atoms with van der Waals surface area (Å²) in [6.45, 7) is 0.550. The average Bonchev–Trinajstić information content (AvgIpc) is 2.50. The molecule has 2 aromatic carbocycles. The highest BCUT2D eigenvalue weighted by atomic mass is 79.9. The van der Waals surface area contributed by atoms with Crippen molar-refractivity contribution in [2.75, 3.05) is 13.7 Å². The minimum Gasteiger partial charge on any atom is -0.497 e. The first kappa shape index (κ1) is 15.9. The SMILES string of the molecule is COc1ccc(CCNC(=O)c2cc(Br)ccc2Cl)cc1. The van der Waals surface area contributed by atoms with Crippen LogP contribution < -0.4 is 10.1 Å². The molecule has 0 spiro atoms. The maximum absolute atomic E-state index is 12.1. The third kappa shape index (κ3) is 4.48. The van der Waals surface area contributed by atoms with Crippen molar-refractivity contribution in [3.8, 4) is 5.75 Å². The van der Waals surface area contributed by atoms with Crippen LogP contribution in [0.1, 0.15) is 15.9 Å². The van der Waals surface area contributed by atoms with Crippen molar-refractivity contribution in [2.24, 2.45) is 0 Å². The van der Waals surface area contributed by atoms with Crippen LogP contribution in [-0.4, -0.2) is 19.6 Å². The summed E-state index contributed by atoms with van der Waals surface area (Å²) in [5.74, 6) is 0.651. The van der Waals surface area contributed by atoms with E-state index >= 15 is 0 Å². The summed E-state index contributed by atoms with van der Waals surface area (Å²) in [6, 6.07) is 13.0. The summed E-state index contributed by atoms with van der Waals surface area (Å²) in [5, 5.41) is 3.31. The molecule has 0 aliphatic rings. The Balaban J connectivity index is 1.90. The lowest BCUT2D eigenvalue weighted by Crippen LogP contribution is -2.26. The number of nitrogens with one attached hydrogen (secondary N) is 1. The fourth-order valence-corrected chi connectivity index (χ4v) is 2.44. The molecule has 1 amide bonds. The highest BCUT2D eigenvalue weighted by Crippen LogP contribution is 2.20. The molecule has 2 rings (SSSR count). The predicted molar refractivity (Wildman–Crippen MR) is 88.2 cm³/mol. The lowest BCUT2D eigenvalue weighted by molar-refractivity contribution is 0.0954. The van der Waals surface area contributed by atoms with Gasteiger partial charge in [-0.2, -0.15) is 0 Å². The first-order chi connectivity index (χ1) is 10.1. The van der Waals surface area contributed by atoms with Crippen molar-refractivity contribution >= 4 is 33.4 Å². The Morgan fingerprint density at radius 2 is 1.95 bits per heavy atom. The van der Waals surface area contributed by atoms with Crippen LogP contribution in [0.5, 0.6) is 5.75 Å². The van der Waals surface area contributed by atoms with Crippen LogP contribution in [0, 0.1) is 0 Å². The quantitative estimate of drug-likeness (QED) is 0.863. The standard InChI is InChI=1S/C16H15BrClNO2/c1-21-13-5-2-11(3-6-13)8-9-19-16(20)14-10-12(17)4-7-15(14)18/h2-7,10H,8-9H2,1H3,(H,19,20). The highest BCUT2D eigenvalue weighted by molar-refractivity contribution is 9.10. The molecule has 0 radical (unpaired) electrons. The van der Waals surface area contributed by atoms with Crippen molar-refractivity contribution in [1.29, 1.82) is 0 Å². The van der Waals surface area contributed by atoms with Gasteiger partial charge in [0.1, 0.15) is 5.75 Å². The maximum atomic E-state index is 12.1. The van der Waals surface area contributed by atoms with E-state index in [0.29, 0.717) is 17.1 Å². The molecule has 2 aromatic rings. The average molecular weight is 369 g/mol. The maximum Gasteiger partial charge on any atom is 0.252 e. The molecule has 0 bridgehead atoms. The number of carbonyl (C=O) groups is 1. The molecule has 0 atom stereocenters. The molecule has 3 nitrogen and oxygen atoms in total. The van der Waals surface area contributed by atoms with E-state index in [1.54, 1.807) is 25.3 Å². The number of rotatable bonds is 5. The van der Waals surface area contributed by atoms with Crippen molar-refractivity contribution < 1.29 is 9.53 Å². The van der Waals surface area contributed by atoms with Gasteiger partial charge >= 0.3 is 0 Å². The van der Waals surface area contributed by atoms with Crippen LogP contribution in [0.3, 0.4) is 0 Å². The van der Waals surface area contributed by atoms with E-state index in [4.69, 9.17) is 16.3 Å². The molecule has 0 saturated carbocycles. The number of ether oxygens (including phenoxy) is 1. The summed E-state index contributed by atoms with van der Waals surface area (Å²) in [7, 11) is 1.64.